The summed E-state index contributed by atoms with van der Waals surface area (Å²) in [4.78, 5) is 22.8. The second-order valence-electron chi connectivity index (χ2n) is 6.01. The highest BCUT2D eigenvalue weighted by molar-refractivity contribution is 5.80. The Balaban J connectivity index is 3.16. The number of carboxylic acid groups (broad SMARTS) is 1. The van der Waals surface area contributed by atoms with E-state index >= 15 is 0 Å². The first-order valence-electron chi connectivity index (χ1n) is 7.00. The van der Waals surface area contributed by atoms with Gasteiger partial charge in [0.2, 0.25) is 11.6 Å². The number of hydrogen-bond acceptors (Lipinski definition) is 4. The Morgan fingerprint density at radius 3 is 1.92 bits per heavy atom. The maximum absolute atomic E-state index is 13.9. The van der Waals surface area contributed by atoms with Crippen LogP contribution in [0.5, 0.6) is 5.75 Å². The van der Waals surface area contributed by atoms with Crippen molar-refractivity contribution >= 4 is 12.1 Å². The van der Waals surface area contributed by atoms with E-state index in [1.165, 1.54) is 20.8 Å². The Bertz CT molecular complexity index is 658. The van der Waals surface area contributed by atoms with Gasteiger partial charge in [0.15, 0.2) is 17.4 Å². The molecule has 2 N–H and O–H groups in total. The minimum atomic E-state index is -1.88. The number of nitrogens with one attached hydrogen (secondary N) is 1. The van der Waals surface area contributed by atoms with Gasteiger partial charge >= 0.3 is 12.1 Å². The molecule has 140 valence electrons. The summed E-state index contributed by atoms with van der Waals surface area (Å²) in [6, 6.07) is -1.88. The second kappa shape index (κ2) is 7.58. The molecule has 1 aromatic rings. The van der Waals surface area contributed by atoms with Crippen molar-refractivity contribution in [3.63, 3.8) is 0 Å². The number of carbonyl (C=O) groups excluding carboxylic acids is 1. The first kappa shape index (κ1) is 20.5. The van der Waals surface area contributed by atoms with Crippen molar-refractivity contribution in [3.05, 3.63) is 28.8 Å². The van der Waals surface area contributed by atoms with E-state index < -0.39 is 64.7 Å². The number of methoxy groups -OCH3 is 1. The van der Waals surface area contributed by atoms with Crippen molar-refractivity contribution in [2.75, 3.05) is 7.11 Å². The van der Waals surface area contributed by atoms with E-state index in [2.05, 4.69) is 4.74 Å². The van der Waals surface area contributed by atoms with Crippen LogP contribution in [0.3, 0.4) is 0 Å². The van der Waals surface area contributed by atoms with Crippen molar-refractivity contribution in [3.8, 4) is 5.75 Å². The van der Waals surface area contributed by atoms with Crippen molar-refractivity contribution in [2.45, 2.75) is 38.8 Å². The molecule has 1 rings (SSSR count). The number of aliphatic carboxylic acids is 1. The Morgan fingerprint density at radius 1 is 1.08 bits per heavy atom. The molecular formula is C15H17F4NO5. The summed E-state index contributed by atoms with van der Waals surface area (Å²) in [6.45, 7) is 4.53. The molecule has 0 spiro atoms. The van der Waals surface area contributed by atoms with Crippen molar-refractivity contribution in [1.82, 2.24) is 5.32 Å². The summed E-state index contributed by atoms with van der Waals surface area (Å²) in [6.07, 6.45) is -2.22. The SMILES string of the molecule is COc1c(F)c(F)c(CC(NC(=O)OC(C)(C)C)C(=O)O)c(F)c1F. The smallest absolute Gasteiger partial charge is 0.408 e. The molecule has 1 atom stereocenters. The number of alkyl carbamates (subject to hydrolysis) is 1. The van der Waals surface area contributed by atoms with E-state index in [0.29, 0.717) is 0 Å². The quantitative estimate of drug-likeness (QED) is 0.618. The van der Waals surface area contributed by atoms with Crippen LogP contribution in [0.4, 0.5) is 22.4 Å². The number of halogens is 4. The molecule has 0 radical (unpaired) electrons. The third-order valence-corrected chi connectivity index (χ3v) is 2.92. The van der Waals surface area contributed by atoms with Gasteiger partial charge < -0.3 is 19.9 Å². The number of amides is 1. The van der Waals surface area contributed by atoms with Gasteiger partial charge in [-0.25, -0.2) is 18.4 Å². The number of carbonyl (C=O) groups is 2. The molecule has 25 heavy (non-hydrogen) atoms. The topological polar surface area (TPSA) is 84.9 Å². The fourth-order valence-corrected chi connectivity index (χ4v) is 1.87. The fourth-order valence-electron chi connectivity index (χ4n) is 1.87. The highest BCUT2D eigenvalue weighted by Gasteiger charge is 2.31. The fraction of sp³-hybridized carbons (Fsp3) is 0.467. The molecule has 1 aromatic carbocycles. The van der Waals surface area contributed by atoms with Crippen LogP contribution >= 0.6 is 0 Å². The first-order valence-corrected chi connectivity index (χ1v) is 7.00. The normalized spacial score (nSPS) is 12.5. The summed E-state index contributed by atoms with van der Waals surface area (Å²) < 4.78 is 64.3. The zero-order chi connectivity index (χ0) is 19.5. The van der Waals surface area contributed by atoms with E-state index in [9.17, 15) is 27.2 Å². The maximum atomic E-state index is 13.9. The predicted molar refractivity (Wildman–Crippen MR) is 77.3 cm³/mol. The summed E-state index contributed by atoms with van der Waals surface area (Å²) in [5.41, 5.74) is -2.14. The molecule has 0 fully saturated rings. The van der Waals surface area contributed by atoms with E-state index in [4.69, 9.17) is 9.84 Å². The lowest BCUT2D eigenvalue weighted by Crippen LogP contribution is -2.45. The minimum Gasteiger partial charge on any atom is -0.491 e. The molecule has 0 heterocycles. The zero-order valence-electron chi connectivity index (χ0n) is 13.9. The summed E-state index contributed by atoms with van der Waals surface area (Å²) in [7, 11) is 0.810. The van der Waals surface area contributed by atoms with Crippen molar-refractivity contribution in [2.24, 2.45) is 0 Å². The maximum Gasteiger partial charge on any atom is 0.408 e. The number of rotatable bonds is 5. The molecule has 0 aliphatic rings. The average molecular weight is 367 g/mol. The van der Waals surface area contributed by atoms with Crippen LogP contribution in [0.1, 0.15) is 26.3 Å². The van der Waals surface area contributed by atoms with Gasteiger partial charge in [-0.05, 0) is 20.8 Å². The minimum absolute atomic E-state index is 0.810. The Morgan fingerprint density at radius 2 is 1.56 bits per heavy atom. The lowest BCUT2D eigenvalue weighted by atomic mass is 10.0. The van der Waals surface area contributed by atoms with E-state index in [-0.39, 0.29) is 0 Å². The number of benzene rings is 1. The molecule has 0 aliphatic heterocycles. The lowest BCUT2D eigenvalue weighted by molar-refractivity contribution is -0.139. The second-order valence-corrected chi connectivity index (χ2v) is 6.01. The first-order chi connectivity index (χ1) is 11.4. The monoisotopic (exact) mass is 367 g/mol. The summed E-state index contributed by atoms with van der Waals surface area (Å²) in [5.74, 6) is -10.2. The van der Waals surface area contributed by atoms with Crippen LogP contribution in [-0.2, 0) is 16.0 Å². The van der Waals surface area contributed by atoms with Gasteiger partial charge in [-0.2, -0.15) is 8.78 Å². The van der Waals surface area contributed by atoms with Crippen LogP contribution in [0, 0.1) is 23.3 Å². The van der Waals surface area contributed by atoms with Gasteiger partial charge in [0.25, 0.3) is 0 Å². The third kappa shape index (κ3) is 4.97. The highest BCUT2D eigenvalue weighted by Crippen LogP contribution is 2.30. The molecule has 0 bridgehead atoms. The third-order valence-electron chi connectivity index (χ3n) is 2.92. The van der Waals surface area contributed by atoms with E-state index in [0.717, 1.165) is 7.11 Å². The molecular weight excluding hydrogens is 350 g/mol. The lowest BCUT2D eigenvalue weighted by Gasteiger charge is -2.22. The Kier molecular flexibility index (Phi) is 6.22. The van der Waals surface area contributed by atoms with Crippen molar-refractivity contribution < 1.29 is 41.7 Å². The molecule has 0 saturated heterocycles. The number of ether oxygens (including phenoxy) is 2. The van der Waals surface area contributed by atoms with E-state index in [1.54, 1.807) is 0 Å². The van der Waals surface area contributed by atoms with Crippen LogP contribution in [0.25, 0.3) is 0 Å². The largest absolute Gasteiger partial charge is 0.491 e. The summed E-state index contributed by atoms with van der Waals surface area (Å²) in [5, 5.41) is 10.9. The number of carboxylic acids is 1. The molecule has 10 heteroatoms. The number of hydrogen-bond donors (Lipinski definition) is 2. The van der Waals surface area contributed by atoms with Gasteiger partial charge in [-0.3, -0.25) is 0 Å². The van der Waals surface area contributed by atoms with Crippen LogP contribution in [-0.4, -0.2) is 35.9 Å². The molecule has 6 nitrogen and oxygen atoms in total. The standard InChI is InChI=1S/C15H17F4NO5/c1-15(2,3)25-14(23)20-7(13(21)22)5-6-8(16)10(18)12(24-4)11(19)9(6)17/h7H,5H2,1-4H3,(H,20,23)(H,21,22). The Hall–Kier alpha value is -2.52. The van der Waals surface area contributed by atoms with Crippen molar-refractivity contribution in [1.29, 1.82) is 0 Å². The zero-order valence-corrected chi connectivity index (χ0v) is 13.9. The highest BCUT2D eigenvalue weighted by atomic mass is 19.2. The van der Waals surface area contributed by atoms with Crippen LogP contribution in [0.2, 0.25) is 0 Å². The average Bonchev–Trinajstić information content (AvgIpc) is 2.47. The molecule has 0 saturated carbocycles. The van der Waals surface area contributed by atoms with Gasteiger partial charge in [-0.15, -0.1) is 0 Å². The predicted octanol–water partition coefficient (Wildman–Crippen LogP) is 2.77. The van der Waals surface area contributed by atoms with Gasteiger partial charge in [0, 0.05) is 12.0 Å². The van der Waals surface area contributed by atoms with Crippen LogP contribution < -0.4 is 10.1 Å². The molecule has 0 aliphatic carbocycles. The Labute approximate surface area is 140 Å². The molecule has 1 unspecified atom stereocenters. The van der Waals surface area contributed by atoms with E-state index in [1.807, 2.05) is 5.32 Å². The summed E-state index contributed by atoms with van der Waals surface area (Å²) >= 11 is 0. The van der Waals surface area contributed by atoms with Gasteiger partial charge in [-0.1, -0.05) is 0 Å². The molecule has 0 aromatic heterocycles. The molecule has 1 amide bonds. The van der Waals surface area contributed by atoms with Gasteiger partial charge in [0.1, 0.15) is 11.6 Å². The van der Waals surface area contributed by atoms with Crippen LogP contribution in [0.15, 0.2) is 0 Å². The van der Waals surface area contributed by atoms with Gasteiger partial charge in [0.05, 0.1) is 7.11 Å².